The van der Waals surface area contributed by atoms with Crippen LogP contribution >= 0.6 is 22.9 Å². The molecule has 5 nitrogen and oxygen atoms in total. The molecule has 0 radical (unpaired) electrons. The number of thiazole rings is 1. The highest BCUT2D eigenvalue weighted by Crippen LogP contribution is 2.31. The molecule has 1 N–H and O–H groups in total. The summed E-state index contributed by atoms with van der Waals surface area (Å²) in [6.45, 7) is 0. The van der Waals surface area contributed by atoms with Crippen molar-refractivity contribution >= 4 is 44.2 Å². The lowest BCUT2D eigenvalue weighted by Gasteiger charge is -2.04. The van der Waals surface area contributed by atoms with Crippen LogP contribution < -0.4 is 5.32 Å². The second-order valence-electron chi connectivity index (χ2n) is 5.31. The Morgan fingerprint density at radius 2 is 2.27 bits per heavy atom. The van der Waals surface area contributed by atoms with E-state index in [2.05, 4.69) is 15.4 Å². The van der Waals surface area contributed by atoms with Crippen LogP contribution in [0.3, 0.4) is 0 Å². The van der Waals surface area contributed by atoms with E-state index < -0.39 is 0 Å². The minimum atomic E-state index is -0.159. The molecule has 0 atom stereocenters. The zero-order valence-corrected chi connectivity index (χ0v) is 13.5. The summed E-state index contributed by atoms with van der Waals surface area (Å²) in [4.78, 5) is 17.0. The third kappa shape index (κ3) is 2.10. The second-order valence-corrected chi connectivity index (χ2v) is 6.75. The van der Waals surface area contributed by atoms with Gasteiger partial charge in [0.2, 0.25) is 0 Å². The first-order chi connectivity index (χ1) is 10.6. The molecule has 3 aromatic rings. The Hall–Kier alpha value is -1.92. The predicted molar refractivity (Wildman–Crippen MR) is 87.8 cm³/mol. The van der Waals surface area contributed by atoms with Crippen molar-refractivity contribution in [3.05, 3.63) is 40.2 Å². The smallest absolute Gasteiger partial charge is 0.275 e. The quantitative estimate of drug-likeness (QED) is 0.782. The maximum atomic E-state index is 12.6. The van der Waals surface area contributed by atoms with E-state index in [0.717, 1.165) is 40.7 Å². The fourth-order valence-corrected chi connectivity index (χ4v) is 4.09. The van der Waals surface area contributed by atoms with E-state index in [9.17, 15) is 4.79 Å². The lowest BCUT2D eigenvalue weighted by Crippen LogP contribution is -2.17. The highest BCUT2D eigenvalue weighted by Gasteiger charge is 2.25. The van der Waals surface area contributed by atoms with Gasteiger partial charge >= 0.3 is 0 Å². The zero-order valence-electron chi connectivity index (χ0n) is 11.9. The minimum absolute atomic E-state index is 0.159. The lowest BCUT2D eigenvalue weighted by molar-refractivity contribution is 0.101. The summed E-state index contributed by atoms with van der Waals surface area (Å²) < 4.78 is 2.62. The van der Waals surface area contributed by atoms with Crippen LogP contribution in [0.2, 0.25) is 5.02 Å². The van der Waals surface area contributed by atoms with Crippen molar-refractivity contribution in [1.29, 1.82) is 0 Å². The van der Waals surface area contributed by atoms with Gasteiger partial charge in [0, 0.05) is 12.6 Å². The number of nitrogens with one attached hydrogen (secondary N) is 1. The molecule has 112 valence electrons. The number of anilines is 1. The molecule has 0 fully saturated rings. The Labute approximate surface area is 135 Å². The van der Waals surface area contributed by atoms with E-state index in [4.69, 9.17) is 11.6 Å². The number of nitrogens with zero attached hydrogens (tertiary/aromatic N) is 3. The summed E-state index contributed by atoms with van der Waals surface area (Å²) >= 11 is 7.54. The van der Waals surface area contributed by atoms with Gasteiger partial charge in [-0.15, -0.1) is 0 Å². The first-order valence-electron chi connectivity index (χ1n) is 7.04. The monoisotopic (exact) mass is 332 g/mol. The molecule has 4 rings (SSSR count). The largest absolute Gasteiger partial charge is 0.296 e. The topological polar surface area (TPSA) is 59.8 Å². The van der Waals surface area contributed by atoms with Crippen molar-refractivity contribution in [3.8, 4) is 0 Å². The van der Waals surface area contributed by atoms with Gasteiger partial charge in [0.05, 0.1) is 15.4 Å². The Morgan fingerprint density at radius 3 is 3.09 bits per heavy atom. The molecule has 2 heterocycles. The van der Waals surface area contributed by atoms with Gasteiger partial charge in [-0.25, -0.2) is 4.98 Å². The fourth-order valence-electron chi connectivity index (χ4n) is 2.93. The number of rotatable bonds is 2. The molecule has 22 heavy (non-hydrogen) atoms. The standard InChI is InChI=1S/C15H13ClN4OS/c1-20-13(8-4-2-6-10(8)19-20)14(21)18-15-17-12-9(16)5-3-7-11(12)22-15/h3,5,7H,2,4,6H2,1H3,(H,17,18,21). The molecule has 7 heteroatoms. The minimum Gasteiger partial charge on any atom is -0.296 e. The van der Waals surface area contributed by atoms with E-state index >= 15 is 0 Å². The van der Waals surface area contributed by atoms with Crippen LogP contribution in [0, 0.1) is 0 Å². The van der Waals surface area contributed by atoms with Crippen LogP contribution in [0.5, 0.6) is 0 Å². The molecule has 0 spiro atoms. The first kappa shape index (κ1) is 13.7. The summed E-state index contributed by atoms with van der Waals surface area (Å²) in [6, 6.07) is 5.61. The van der Waals surface area contributed by atoms with Gasteiger partial charge in [0.1, 0.15) is 11.2 Å². The average Bonchev–Trinajstić information content (AvgIpc) is 3.12. The summed E-state index contributed by atoms with van der Waals surface area (Å²) in [5.41, 5.74) is 3.47. The van der Waals surface area contributed by atoms with Gasteiger partial charge in [0.25, 0.3) is 5.91 Å². The number of aromatic nitrogens is 3. The van der Waals surface area contributed by atoms with Crippen LogP contribution in [0.4, 0.5) is 5.13 Å². The van der Waals surface area contributed by atoms with Crippen molar-refractivity contribution < 1.29 is 4.79 Å². The maximum Gasteiger partial charge on any atom is 0.275 e. The van der Waals surface area contributed by atoms with E-state index in [0.29, 0.717) is 15.8 Å². The summed E-state index contributed by atoms with van der Waals surface area (Å²) in [5.74, 6) is -0.159. The van der Waals surface area contributed by atoms with Gasteiger partial charge in [-0.2, -0.15) is 5.10 Å². The molecule has 0 saturated heterocycles. The number of amides is 1. The number of benzene rings is 1. The Bertz CT molecular complexity index is 898. The normalized spacial score (nSPS) is 13.5. The Balaban J connectivity index is 1.68. The molecule has 1 amide bonds. The van der Waals surface area contributed by atoms with Gasteiger partial charge < -0.3 is 0 Å². The molecule has 2 aromatic heterocycles. The number of fused-ring (bicyclic) bond motifs is 2. The predicted octanol–water partition coefficient (Wildman–Crippen LogP) is 3.42. The number of hydrogen-bond acceptors (Lipinski definition) is 4. The molecular formula is C15H13ClN4OS. The summed E-state index contributed by atoms with van der Waals surface area (Å²) in [7, 11) is 1.81. The number of hydrogen-bond donors (Lipinski definition) is 1. The second kappa shape index (κ2) is 5.07. The van der Waals surface area contributed by atoms with Gasteiger partial charge in [-0.3, -0.25) is 14.8 Å². The Morgan fingerprint density at radius 1 is 1.41 bits per heavy atom. The molecule has 1 aromatic carbocycles. The van der Waals surface area contributed by atoms with Gasteiger partial charge in [-0.05, 0) is 31.4 Å². The lowest BCUT2D eigenvalue weighted by atomic mass is 10.2. The van der Waals surface area contributed by atoms with E-state index in [1.54, 1.807) is 10.7 Å². The number of carbonyl (C=O) groups excluding carboxylic acids is 1. The van der Waals surface area contributed by atoms with Crippen molar-refractivity contribution in [2.24, 2.45) is 7.05 Å². The molecular weight excluding hydrogens is 320 g/mol. The van der Waals surface area contributed by atoms with Crippen molar-refractivity contribution in [2.45, 2.75) is 19.3 Å². The maximum absolute atomic E-state index is 12.6. The fraction of sp³-hybridized carbons (Fsp3) is 0.267. The third-order valence-corrected chi connectivity index (χ3v) is 5.12. The number of aryl methyl sites for hydroxylation is 2. The first-order valence-corrected chi connectivity index (χ1v) is 8.24. The number of carbonyl (C=O) groups is 1. The van der Waals surface area contributed by atoms with Crippen LogP contribution in [0.15, 0.2) is 18.2 Å². The molecule has 1 aliphatic rings. The zero-order chi connectivity index (χ0) is 15.3. The van der Waals surface area contributed by atoms with Crippen molar-refractivity contribution in [3.63, 3.8) is 0 Å². The van der Waals surface area contributed by atoms with Crippen molar-refractivity contribution in [2.75, 3.05) is 5.32 Å². The van der Waals surface area contributed by atoms with E-state index in [1.807, 2.05) is 19.2 Å². The molecule has 0 bridgehead atoms. The van der Waals surface area contributed by atoms with Gasteiger partial charge in [-0.1, -0.05) is 29.0 Å². The van der Waals surface area contributed by atoms with Crippen molar-refractivity contribution in [1.82, 2.24) is 14.8 Å². The van der Waals surface area contributed by atoms with Crippen LogP contribution in [0.1, 0.15) is 28.2 Å². The highest BCUT2D eigenvalue weighted by atomic mass is 35.5. The highest BCUT2D eigenvalue weighted by molar-refractivity contribution is 7.22. The molecule has 0 unspecified atom stereocenters. The average molecular weight is 333 g/mol. The molecule has 0 saturated carbocycles. The third-order valence-electron chi connectivity index (χ3n) is 3.87. The van der Waals surface area contributed by atoms with E-state index in [1.165, 1.54) is 11.3 Å². The van der Waals surface area contributed by atoms with Crippen LogP contribution in [0.25, 0.3) is 10.2 Å². The molecule has 1 aliphatic carbocycles. The van der Waals surface area contributed by atoms with Gasteiger partial charge in [0.15, 0.2) is 5.13 Å². The van der Waals surface area contributed by atoms with Crippen LogP contribution in [-0.4, -0.2) is 20.7 Å². The summed E-state index contributed by atoms with van der Waals surface area (Å²) in [6.07, 6.45) is 2.93. The molecule has 0 aliphatic heterocycles. The number of para-hydroxylation sites is 1. The SMILES string of the molecule is Cn1nc2c(c1C(=O)Nc1nc3c(Cl)cccc3s1)CCC2. The Kier molecular flexibility index (Phi) is 3.16. The van der Waals surface area contributed by atoms with Crippen LogP contribution in [-0.2, 0) is 19.9 Å². The van der Waals surface area contributed by atoms with E-state index in [-0.39, 0.29) is 5.91 Å². The number of halogens is 1. The summed E-state index contributed by atoms with van der Waals surface area (Å²) in [5, 5.41) is 8.46.